The maximum Gasteiger partial charge on any atom is 0.142 e. The number of aliphatic imine (C=N–C) groups is 1. The van der Waals surface area contributed by atoms with Crippen molar-refractivity contribution in [3.8, 4) is 22.6 Å². The van der Waals surface area contributed by atoms with Crippen molar-refractivity contribution in [2.75, 3.05) is 31.2 Å². The molecule has 1 aromatic carbocycles. The topological polar surface area (TPSA) is 71.3 Å². The number of nitrogens with zero attached hydrogens (tertiary/aromatic N) is 5. The summed E-state index contributed by atoms with van der Waals surface area (Å²) in [6, 6.07) is 12.7. The first-order valence-electron chi connectivity index (χ1n) is 11.5. The van der Waals surface area contributed by atoms with Gasteiger partial charge in [-0.3, -0.25) is 9.98 Å². The number of hydrogen-bond donors (Lipinski definition) is 1. The van der Waals surface area contributed by atoms with Crippen LogP contribution in [0.2, 0.25) is 0 Å². The third-order valence-corrected chi connectivity index (χ3v) is 7.05. The molecule has 1 fully saturated rings. The summed E-state index contributed by atoms with van der Waals surface area (Å²) >= 11 is 0. The number of aryl methyl sites for hydroxylation is 1. The Labute approximate surface area is 191 Å². The lowest BCUT2D eigenvalue weighted by atomic mass is 9.82. The van der Waals surface area contributed by atoms with Gasteiger partial charge in [0.15, 0.2) is 0 Å². The number of aromatic nitrogens is 4. The standard InChI is InChI=1S/C26H24N6O/c1-31-19-9-3-2-6-16(19)20(26(31)32-12-14-33-15-13-32)25-29-23-17-7-4-10-27-21(17)22-18(24(23)30-25)8-5-11-28-22/h2-11,17,21H,12-15H2,1H3,(H,29,30). The van der Waals surface area contributed by atoms with Crippen LogP contribution in [0.4, 0.5) is 5.82 Å². The van der Waals surface area contributed by atoms with E-state index in [-0.39, 0.29) is 12.0 Å². The van der Waals surface area contributed by atoms with E-state index in [1.165, 1.54) is 16.7 Å². The molecule has 2 unspecified atom stereocenters. The number of nitrogens with one attached hydrogen (secondary N) is 1. The van der Waals surface area contributed by atoms with E-state index in [9.17, 15) is 0 Å². The van der Waals surface area contributed by atoms with E-state index in [2.05, 4.69) is 57.9 Å². The molecule has 7 heteroatoms. The minimum atomic E-state index is -0.0155. The van der Waals surface area contributed by atoms with Gasteiger partial charge in [0.25, 0.3) is 0 Å². The molecule has 3 aliphatic rings. The summed E-state index contributed by atoms with van der Waals surface area (Å²) in [4.78, 5) is 20.9. The van der Waals surface area contributed by atoms with Gasteiger partial charge in [-0.05, 0) is 24.3 Å². The first kappa shape index (κ1) is 18.8. The lowest BCUT2D eigenvalue weighted by Gasteiger charge is -2.30. The predicted molar refractivity (Wildman–Crippen MR) is 130 cm³/mol. The van der Waals surface area contributed by atoms with Gasteiger partial charge in [0.1, 0.15) is 17.7 Å². The van der Waals surface area contributed by atoms with Crippen molar-refractivity contribution in [1.82, 2.24) is 19.5 Å². The molecule has 2 aliphatic heterocycles. The number of benzene rings is 1. The summed E-state index contributed by atoms with van der Waals surface area (Å²) in [6.45, 7) is 3.21. The first-order chi connectivity index (χ1) is 16.3. The third kappa shape index (κ3) is 2.69. The van der Waals surface area contributed by atoms with E-state index in [1.807, 2.05) is 24.6 Å². The molecule has 3 aromatic heterocycles. The average Bonchev–Trinajstić information content (AvgIpc) is 3.45. The van der Waals surface area contributed by atoms with Crippen LogP contribution in [-0.4, -0.2) is 52.0 Å². The number of aromatic amines is 1. The number of para-hydroxylation sites is 1. The first-order valence-corrected chi connectivity index (χ1v) is 11.5. The monoisotopic (exact) mass is 436 g/mol. The molecule has 7 nitrogen and oxygen atoms in total. The SMILES string of the molecule is Cn1c(N2CCOCC2)c(-c2nc3c([nH]2)C2C=CC=NC2c2ncccc2-3)c2ccccc21. The second kappa shape index (κ2) is 7.15. The summed E-state index contributed by atoms with van der Waals surface area (Å²) in [5.74, 6) is 2.19. The normalized spacial score (nSPS) is 21.2. The van der Waals surface area contributed by atoms with E-state index < -0.39 is 0 Å². The molecule has 1 saturated heterocycles. The number of ether oxygens (including phenoxy) is 1. The van der Waals surface area contributed by atoms with Crippen LogP contribution in [0, 0.1) is 0 Å². The van der Waals surface area contributed by atoms with E-state index >= 15 is 0 Å². The number of anilines is 1. The van der Waals surface area contributed by atoms with Crippen molar-refractivity contribution in [3.63, 3.8) is 0 Å². The number of H-pyrrole nitrogens is 1. The van der Waals surface area contributed by atoms with Gasteiger partial charge in [-0.25, -0.2) is 4.98 Å². The molecular weight excluding hydrogens is 412 g/mol. The molecule has 33 heavy (non-hydrogen) atoms. The molecule has 4 aromatic rings. The number of fused-ring (bicyclic) bond motifs is 7. The van der Waals surface area contributed by atoms with Crippen molar-refractivity contribution < 1.29 is 4.74 Å². The zero-order chi connectivity index (χ0) is 21.9. The average molecular weight is 437 g/mol. The highest BCUT2D eigenvalue weighted by Gasteiger charge is 2.37. The minimum absolute atomic E-state index is 0.0155. The molecule has 2 atom stereocenters. The zero-order valence-corrected chi connectivity index (χ0v) is 18.4. The van der Waals surface area contributed by atoms with E-state index in [4.69, 9.17) is 19.7 Å². The fraction of sp³-hybridized carbons (Fsp3) is 0.269. The van der Waals surface area contributed by atoms with Gasteiger partial charge in [0.05, 0.1) is 41.4 Å². The zero-order valence-electron chi connectivity index (χ0n) is 18.4. The lowest BCUT2D eigenvalue weighted by Crippen LogP contribution is -2.37. The number of rotatable bonds is 2. The van der Waals surface area contributed by atoms with E-state index in [1.54, 1.807) is 0 Å². The van der Waals surface area contributed by atoms with Crippen LogP contribution in [-0.2, 0) is 11.8 Å². The number of pyridine rings is 1. The van der Waals surface area contributed by atoms with Crippen molar-refractivity contribution in [2.24, 2.45) is 12.0 Å². The van der Waals surface area contributed by atoms with Gasteiger partial charge in [0.2, 0.25) is 0 Å². The molecule has 164 valence electrons. The van der Waals surface area contributed by atoms with Crippen LogP contribution in [0.25, 0.3) is 33.5 Å². The Morgan fingerprint density at radius 1 is 1.09 bits per heavy atom. The van der Waals surface area contributed by atoms with Gasteiger partial charge in [-0.1, -0.05) is 24.3 Å². The van der Waals surface area contributed by atoms with E-state index in [0.29, 0.717) is 0 Å². The minimum Gasteiger partial charge on any atom is -0.378 e. The number of allylic oxidation sites excluding steroid dienone is 1. The summed E-state index contributed by atoms with van der Waals surface area (Å²) in [7, 11) is 2.15. The van der Waals surface area contributed by atoms with Gasteiger partial charge < -0.3 is 19.2 Å². The molecule has 0 bridgehead atoms. The van der Waals surface area contributed by atoms with Crippen molar-refractivity contribution in [3.05, 3.63) is 66.1 Å². The van der Waals surface area contributed by atoms with Gasteiger partial charge in [-0.2, -0.15) is 0 Å². The molecule has 0 radical (unpaired) electrons. The van der Waals surface area contributed by atoms with Gasteiger partial charge >= 0.3 is 0 Å². The van der Waals surface area contributed by atoms with Crippen molar-refractivity contribution >= 4 is 22.9 Å². The van der Waals surface area contributed by atoms with E-state index in [0.717, 1.165) is 60.3 Å². The van der Waals surface area contributed by atoms with Crippen LogP contribution < -0.4 is 4.90 Å². The third-order valence-electron chi connectivity index (χ3n) is 7.05. The van der Waals surface area contributed by atoms with Crippen LogP contribution in [0.5, 0.6) is 0 Å². The Morgan fingerprint density at radius 3 is 2.88 bits per heavy atom. The Balaban J connectivity index is 1.48. The largest absolute Gasteiger partial charge is 0.378 e. The molecule has 5 heterocycles. The summed E-state index contributed by atoms with van der Waals surface area (Å²) in [6.07, 6.45) is 7.96. The molecule has 1 N–H and O–H groups in total. The van der Waals surface area contributed by atoms with Gasteiger partial charge in [-0.15, -0.1) is 0 Å². The van der Waals surface area contributed by atoms with Crippen LogP contribution >= 0.6 is 0 Å². The second-order valence-electron chi connectivity index (χ2n) is 8.81. The lowest BCUT2D eigenvalue weighted by molar-refractivity contribution is 0.122. The maximum absolute atomic E-state index is 5.64. The molecular formula is C26H24N6O. The molecule has 1 aliphatic carbocycles. The van der Waals surface area contributed by atoms with Crippen LogP contribution in [0.15, 0.2) is 59.7 Å². The Morgan fingerprint density at radius 2 is 1.97 bits per heavy atom. The Kier molecular flexibility index (Phi) is 4.08. The highest BCUT2D eigenvalue weighted by atomic mass is 16.5. The summed E-state index contributed by atoms with van der Waals surface area (Å²) in [5, 5.41) is 1.20. The second-order valence-corrected chi connectivity index (χ2v) is 8.81. The number of imidazole rings is 1. The van der Waals surface area contributed by atoms with Crippen molar-refractivity contribution in [1.29, 1.82) is 0 Å². The molecule has 7 rings (SSSR count). The predicted octanol–water partition coefficient (Wildman–Crippen LogP) is 4.25. The quantitative estimate of drug-likeness (QED) is 0.510. The molecule has 0 saturated carbocycles. The Hall–Kier alpha value is -3.71. The maximum atomic E-state index is 5.64. The smallest absolute Gasteiger partial charge is 0.142 e. The summed E-state index contributed by atoms with van der Waals surface area (Å²) in [5.41, 5.74) is 6.51. The molecule has 0 amide bonds. The highest BCUT2D eigenvalue weighted by molar-refractivity contribution is 6.02. The fourth-order valence-corrected chi connectivity index (χ4v) is 5.57. The van der Waals surface area contributed by atoms with Crippen molar-refractivity contribution in [2.45, 2.75) is 12.0 Å². The number of hydrogen-bond acceptors (Lipinski definition) is 5. The fourth-order valence-electron chi connectivity index (χ4n) is 5.57. The summed E-state index contributed by atoms with van der Waals surface area (Å²) < 4.78 is 7.94. The Bertz CT molecular complexity index is 1440. The van der Waals surface area contributed by atoms with Crippen LogP contribution in [0.1, 0.15) is 23.3 Å². The van der Waals surface area contributed by atoms with Gasteiger partial charge in [0, 0.05) is 49.4 Å². The number of dihydropyridines is 1. The van der Waals surface area contributed by atoms with Crippen LogP contribution in [0.3, 0.4) is 0 Å². The highest BCUT2D eigenvalue weighted by Crippen LogP contribution is 2.49. The number of morpholine rings is 1. The molecule has 0 spiro atoms.